The molecule has 1 saturated heterocycles. The molecule has 0 spiro atoms. The van der Waals surface area contributed by atoms with Crippen LogP contribution in [0.3, 0.4) is 0 Å². The van der Waals surface area contributed by atoms with E-state index in [0.717, 1.165) is 35.4 Å². The summed E-state index contributed by atoms with van der Waals surface area (Å²) in [6, 6.07) is 12.3. The summed E-state index contributed by atoms with van der Waals surface area (Å²) >= 11 is 0. The molecule has 2 aromatic rings. The summed E-state index contributed by atoms with van der Waals surface area (Å²) in [5.74, 6) is 0. The highest BCUT2D eigenvalue weighted by molar-refractivity contribution is 6.88. The van der Waals surface area contributed by atoms with Crippen molar-refractivity contribution in [3.05, 3.63) is 47.3 Å². The van der Waals surface area contributed by atoms with Gasteiger partial charge in [0.2, 0.25) is 0 Å². The fraction of sp³-hybridized carbons (Fsp3) is 0.458. The number of carbonyl (C=O) groups is 1. The molecule has 1 N–H and O–H groups in total. The van der Waals surface area contributed by atoms with Gasteiger partial charge in [-0.05, 0) is 44.7 Å². The number of hydrogen-bond acceptors (Lipinski definition) is 3. The number of hydrogen-bond donors (Lipinski definition) is 1. The van der Waals surface area contributed by atoms with E-state index in [-0.39, 0.29) is 6.04 Å². The summed E-state index contributed by atoms with van der Waals surface area (Å²) in [6.45, 7) is 12.0. The van der Waals surface area contributed by atoms with Gasteiger partial charge in [-0.2, -0.15) is 10.4 Å². The number of carboxylic acid groups (broad SMARTS) is 1. The number of amides is 1. The van der Waals surface area contributed by atoms with Crippen LogP contribution in [0.1, 0.15) is 43.1 Å². The summed E-state index contributed by atoms with van der Waals surface area (Å²) in [5, 5.41) is 26.1. The summed E-state index contributed by atoms with van der Waals surface area (Å²) in [6.07, 6.45) is 1.54. The molecule has 1 fully saturated rings. The second-order valence-corrected chi connectivity index (χ2v) is 14.3. The highest BCUT2D eigenvalue weighted by Gasteiger charge is 2.34. The molecule has 6 nitrogen and oxygen atoms in total. The molecule has 0 radical (unpaired) electrons. The lowest BCUT2D eigenvalue weighted by molar-refractivity contribution is 0.122. The number of likely N-dealkylation sites (tertiary alicyclic amines) is 1. The SMILES string of the molecule is CCn1nc(C)cc1/C(=C(/C#N)c1ccc([Si](C)(C)C)cc1)C1CCCCN1C(=O)O. The lowest BCUT2D eigenvalue weighted by atomic mass is 9.87. The van der Waals surface area contributed by atoms with Crippen LogP contribution in [-0.2, 0) is 6.54 Å². The fourth-order valence-corrected chi connectivity index (χ4v) is 5.51. The maximum atomic E-state index is 12.1. The van der Waals surface area contributed by atoms with E-state index >= 15 is 0 Å². The van der Waals surface area contributed by atoms with Crippen LogP contribution >= 0.6 is 0 Å². The Kier molecular flexibility index (Phi) is 6.70. The molecule has 0 aliphatic carbocycles. The summed E-state index contributed by atoms with van der Waals surface area (Å²) < 4.78 is 1.88. The number of nitriles is 1. The van der Waals surface area contributed by atoms with Crippen molar-refractivity contribution in [1.29, 1.82) is 5.26 Å². The Morgan fingerprint density at radius 3 is 2.48 bits per heavy atom. The van der Waals surface area contributed by atoms with Crippen LogP contribution in [-0.4, -0.2) is 46.5 Å². The molecule has 1 amide bonds. The zero-order chi connectivity index (χ0) is 22.8. The van der Waals surface area contributed by atoms with Gasteiger partial charge in [-0.15, -0.1) is 0 Å². The minimum Gasteiger partial charge on any atom is -0.465 e. The van der Waals surface area contributed by atoms with Gasteiger partial charge in [-0.3, -0.25) is 4.68 Å². The number of nitrogens with zero attached hydrogens (tertiary/aromatic N) is 4. The number of aromatic nitrogens is 2. The molecule has 164 valence electrons. The maximum Gasteiger partial charge on any atom is 0.407 e. The molecule has 3 rings (SSSR count). The van der Waals surface area contributed by atoms with Gasteiger partial charge in [0, 0.05) is 18.7 Å². The summed E-state index contributed by atoms with van der Waals surface area (Å²) in [4.78, 5) is 13.6. The molecule has 7 heteroatoms. The van der Waals surface area contributed by atoms with E-state index in [1.807, 2.05) is 36.7 Å². The first-order valence-electron chi connectivity index (χ1n) is 11.0. The Hall–Kier alpha value is -2.85. The van der Waals surface area contributed by atoms with Crippen LogP contribution in [0.25, 0.3) is 11.1 Å². The van der Waals surface area contributed by atoms with Gasteiger partial charge in [0.25, 0.3) is 0 Å². The van der Waals surface area contributed by atoms with Gasteiger partial charge in [-0.1, -0.05) is 49.1 Å². The number of aryl methyl sites for hydroxylation is 2. The van der Waals surface area contributed by atoms with Crippen molar-refractivity contribution in [2.45, 2.75) is 65.3 Å². The van der Waals surface area contributed by atoms with Crippen molar-refractivity contribution in [2.24, 2.45) is 0 Å². The van der Waals surface area contributed by atoms with Crippen molar-refractivity contribution >= 4 is 30.5 Å². The van der Waals surface area contributed by atoms with Gasteiger partial charge in [0.05, 0.1) is 31.1 Å². The highest BCUT2D eigenvalue weighted by atomic mass is 28.3. The fourth-order valence-electron chi connectivity index (χ4n) is 4.35. The predicted molar refractivity (Wildman–Crippen MR) is 127 cm³/mol. The zero-order valence-corrected chi connectivity index (χ0v) is 20.1. The zero-order valence-electron chi connectivity index (χ0n) is 19.1. The first-order chi connectivity index (χ1) is 14.7. The van der Waals surface area contributed by atoms with Crippen molar-refractivity contribution in [3.63, 3.8) is 0 Å². The minimum atomic E-state index is -1.46. The number of rotatable bonds is 5. The molecule has 1 atom stereocenters. The molecule has 0 bridgehead atoms. The Morgan fingerprint density at radius 1 is 1.26 bits per heavy atom. The van der Waals surface area contributed by atoms with E-state index in [1.165, 1.54) is 10.1 Å². The molecule has 1 aliphatic heterocycles. The Morgan fingerprint density at radius 2 is 1.94 bits per heavy atom. The van der Waals surface area contributed by atoms with Gasteiger partial charge in [0.15, 0.2) is 0 Å². The quantitative estimate of drug-likeness (QED) is 0.543. The molecule has 31 heavy (non-hydrogen) atoms. The largest absolute Gasteiger partial charge is 0.465 e. The number of piperidine rings is 1. The van der Waals surface area contributed by atoms with E-state index in [0.29, 0.717) is 25.1 Å². The predicted octanol–water partition coefficient (Wildman–Crippen LogP) is 4.72. The van der Waals surface area contributed by atoms with Crippen molar-refractivity contribution in [2.75, 3.05) is 6.54 Å². The third-order valence-electron chi connectivity index (χ3n) is 5.98. The van der Waals surface area contributed by atoms with Gasteiger partial charge >= 0.3 is 6.09 Å². The molecular formula is C24H32N4O2Si. The second-order valence-electron chi connectivity index (χ2n) is 9.20. The lowest BCUT2D eigenvalue weighted by Gasteiger charge is -2.36. The Bertz CT molecular complexity index is 1030. The number of benzene rings is 1. The maximum absolute atomic E-state index is 12.1. The third-order valence-corrected chi connectivity index (χ3v) is 8.05. The summed E-state index contributed by atoms with van der Waals surface area (Å²) in [5.41, 5.74) is 3.84. The Balaban J connectivity index is 2.25. The average Bonchev–Trinajstić information content (AvgIpc) is 3.11. The van der Waals surface area contributed by atoms with Gasteiger partial charge < -0.3 is 10.0 Å². The molecule has 1 aliphatic rings. The van der Waals surface area contributed by atoms with Gasteiger partial charge in [0.1, 0.15) is 6.07 Å². The topological polar surface area (TPSA) is 82.2 Å². The van der Waals surface area contributed by atoms with Crippen LogP contribution in [0, 0.1) is 18.3 Å². The van der Waals surface area contributed by atoms with Crippen LogP contribution in [0.15, 0.2) is 30.3 Å². The minimum absolute atomic E-state index is 0.362. The first-order valence-corrected chi connectivity index (χ1v) is 14.5. The van der Waals surface area contributed by atoms with E-state index in [4.69, 9.17) is 0 Å². The van der Waals surface area contributed by atoms with Crippen molar-refractivity contribution < 1.29 is 9.90 Å². The second kappa shape index (κ2) is 9.11. The van der Waals surface area contributed by atoms with Gasteiger partial charge in [-0.25, -0.2) is 4.79 Å². The monoisotopic (exact) mass is 436 g/mol. The molecule has 1 aromatic heterocycles. The van der Waals surface area contributed by atoms with E-state index in [2.05, 4.69) is 42.9 Å². The molecule has 0 saturated carbocycles. The van der Waals surface area contributed by atoms with E-state index < -0.39 is 14.2 Å². The molecular weight excluding hydrogens is 404 g/mol. The third kappa shape index (κ3) is 4.75. The lowest BCUT2D eigenvalue weighted by Crippen LogP contribution is -2.44. The van der Waals surface area contributed by atoms with Crippen molar-refractivity contribution in [3.8, 4) is 6.07 Å². The van der Waals surface area contributed by atoms with E-state index in [1.54, 1.807) is 0 Å². The molecule has 1 unspecified atom stereocenters. The van der Waals surface area contributed by atoms with Crippen LogP contribution in [0.5, 0.6) is 0 Å². The van der Waals surface area contributed by atoms with Crippen LogP contribution in [0.4, 0.5) is 4.79 Å². The normalized spacial score (nSPS) is 17.8. The van der Waals surface area contributed by atoms with Crippen molar-refractivity contribution in [1.82, 2.24) is 14.7 Å². The number of allylic oxidation sites excluding steroid dienone is 1. The Labute approximate surface area is 185 Å². The van der Waals surface area contributed by atoms with E-state index in [9.17, 15) is 15.2 Å². The standard InChI is InChI=1S/C24H32N4O2Si/c1-6-28-22(15-17(2)26-28)23(21-9-7-8-14-27(21)24(29)30)20(16-25)18-10-12-19(13-11-18)31(3,4)5/h10-13,15,21H,6-9,14H2,1-5H3,(H,29,30)/b23-20-. The smallest absolute Gasteiger partial charge is 0.407 e. The summed E-state index contributed by atoms with van der Waals surface area (Å²) in [7, 11) is -1.46. The molecule has 1 aromatic carbocycles. The average molecular weight is 437 g/mol. The van der Waals surface area contributed by atoms with Crippen LogP contribution in [0.2, 0.25) is 19.6 Å². The highest BCUT2D eigenvalue weighted by Crippen LogP contribution is 2.36. The molecule has 2 heterocycles. The first kappa shape index (κ1) is 22.8. The van der Waals surface area contributed by atoms with Crippen LogP contribution < -0.4 is 5.19 Å².